The first-order valence-electron chi connectivity index (χ1n) is 11.1. The minimum absolute atomic E-state index is 0.0453. The van der Waals surface area contributed by atoms with Gasteiger partial charge in [-0.2, -0.15) is 10.2 Å². The molecule has 0 spiro atoms. The highest BCUT2D eigenvalue weighted by atomic mass is 16.5. The van der Waals surface area contributed by atoms with Crippen LogP contribution in [0.15, 0.2) is 30.6 Å². The molecule has 0 radical (unpaired) electrons. The number of carbonyl (C=O) groups excluding carboxylic acids is 1. The van der Waals surface area contributed by atoms with Crippen molar-refractivity contribution in [1.82, 2.24) is 29.5 Å². The first kappa shape index (κ1) is 22.9. The second kappa shape index (κ2) is 9.30. The van der Waals surface area contributed by atoms with Gasteiger partial charge in [-0.25, -0.2) is 14.6 Å². The van der Waals surface area contributed by atoms with Crippen LogP contribution in [-0.4, -0.2) is 48.6 Å². The Morgan fingerprint density at radius 1 is 1.18 bits per heavy atom. The van der Waals surface area contributed by atoms with Crippen molar-refractivity contribution in [3.8, 4) is 6.01 Å². The molecule has 176 valence electrons. The van der Waals surface area contributed by atoms with Gasteiger partial charge in [0.1, 0.15) is 17.6 Å². The molecule has 1 aliphatic rings. The zero-order valence-corrected chi connectivity index (χ0v) is 19.8. The first-order chi connectivity index (χ1) is 15.7. The van der Waals surface area contributed by atoms with Crippen molar-refractivity contribution in [3.05, 3.63) is 47.7 Å². The van der Waals surface area contributed by atoms with Crippen molar-refractivity contribution in [1.29, 1.82) is 0 Å². The summed E-state index contributed by atoms with van der Waals surface area (Å²) >= 11 is 0. The molecule has 3 aromatic rings. The minimum atomic E-state index is -0.305. The largest absolute Gasteiger partial charge is 0.460 e. The number of ether oxygens (including phenoxy) is 2. The monoisotopic (exact) mass is 453 g/mol. The molecule has 10 nitrogen and oxygen atoms in total. The molecule has 33 heavy (non-hydrogen) atoms. The Balaban J connectivity index is 1.51. The second-order valence-corrected chi connectivity index (χ2v) is 9.35. The second-order valence-electron chi connectivity index (χ2n) is 9.35. The molecule has 0 aliphatic heterocycles. The minimum Gasteiger partial charge on any atom is -0.460 e. The Labute approximate surface area is 193 Å². The maximum atomic E-state index is 13.0. The van der Waals surface area contributed by atoms with Crippen LogP contribution in [0.4, 0.5) is 5.82 Å². The quantitative estimate of drug-likeness (QED) is 0.585. The van der Waals surface area contributed by atoms with E-state index in [4.69, 9.17) is 14.6 Å². The topological polar surface area (TPSA) is 109 Å². The number of nitrogens with zero attached hydrogens (tertiary/aromatic N) is 6. The third-order valence-electron chi connectivity index (χ3n) is 5.68. The van der Waals surface area contributed by atoms with Gasteiger partial charge in [0.05, 0.1) is 23.5 Å². The average molecular weight is 454 g/mol. The van der Waals surface area contributed by atoms with Crippen molar-refractivity contribution in [2.75, 3.05) is 12.4 Å². The number of rotatable bonds is 7. The highest BCUT2D eigenvalue weighted by Gasteiger charge is 2.32. The van der Waals surface area contributed by atoms with E-state index in [1.165, 1.54) is 0 Å². The number of aromatic nitrogens is 6. The fraction of sp³-hybridized carbons (Fsp3) is 0.522. The van der Waals surface area contributed by atoms with Crippen LogP contribution in [0, 0.1) is 0 Å². The number of hydrogen-bond acceptors (Lipinski definition) is 7. The van der Waals surface area contributed by atoms with Crippen molar-refractivity contribution in [2.45, 2.75) is 64.2 Å². The molecule has 1 fully saturated rings. The van der Waals surface area contributed by atoms with E-state index in [1.54, 1.807) is 43.4 Å². The summed E-state index contributed by atoms with van der Waals surface area (Å²) in [6.07, 6.45) is 6.08. The van der Waals surface area contributed by atoms with Gasteiger partial charge >= 0.3 is 6.01 Å². The lowest BCUT2D eigenvalue weighted by Gasteiger charge is -2.22. The molecule has 0 unspecified atom stereocenters. The van der Waals surface area contributed by atoms with Crippen molar-refractivity contribution >= 4 is 11.7 Å². The van der Waals surface area contributed by atoms with Crippen molar-refractivity contribution in [2.24, 2.45) is 7.05 Å². The molecule has 0 bridgehead atoms. The van der Waals surface area contributed by atoms with Gasteiger partial charge in [-0.05, 0) is 52.2 Å². The van der Waals surface area contributed by atoms with Gasteiger partial charge in [0, 0.05) is 38.5 Å². The van der Waals surface area contributed by atoms with E-state index in [2.05, 4.69) is 41.2 Å². The van der Waals surface area contributed by atoms with Crippen LogP contribution >= 0.6 is 0 Å². The standard InChI is InChI=1S/C23H31N7O3/c1-23(2,3)30-20(26-21(31)19-12-16(14-32-5)27-29(19)4)13-18(28-30)15-7-8-17(11-15)33-22-24-9-6-10-25-22/h6,9-10,12-13,15,17H,7-8,11,14H2,1-5H3,(H,26,31)/t15-,17+/m0/s1. The summed E-state index contributed by atoms with van der Waals surface area (Å²) in [4.78, 5) is 21.3. The van der Waals surface area contributed by atoms with Crippen molar-refractivity contribution < 1.29 is 14.3 Å². The molecular weight excluding hydrogens is 422 g/mol. The maximum Gasteiger partial charge on any atom is 0.316 e. The molecule has 2 atom stereocenters. The van der Waals surface area contributed by atoms with Crippen LogP contribution in [0.1, 0.15) is 67.8 Å². The van der Waals surface area contributed by atoms with Gasteiger partial charge in [0.25, 0.3) is 5.91 Å². The number of anilines is 1. The zero-order chi connectivity index (χ0) is 23.6. The van der Waals surface area contributed by atoms with E-state index in [0.29, 0.717) is 29.8 Å². The molecular formula is C23H31N7O3. The summed E-state index contributed by atoms with van der Waals surface area (Å²) in [5.74, 6) is 0.661. The Hall–Kier alpha value is -3.27. The lowest BCUT2D eigenvalue weighted by Crippen LogP contribution is -2.27. The van der Waals surface area contributed by atoms with E-state index >= 15 is 0 Å². The molecule has 0 saturated heterocycles. The van der Waals surface area contributed by atoms with Gasteiger partial charge in [-0.1, -0.05) is 0 Å². The summed E-state index contributed by atoms with van der Waals surface area (Å²) in [5.41, 5.74) is 1.81. The van der Waals surface area contributed by atoms with Gasteiger partial charge < -0.3 is 14.8 Å². The number of aryl methyl sites for hydroxylation is 1. The molecule has 1 amide bonds. The highest BCUT2D eigenvalue weighted by Crippen LogP contribution is 2.37. The highest BCUT2D eigenvalue weighted by molar-refractivity contribution is 6.02. The number of amides is 1. The molecule has 1 aliphatic carbocycles. The number of methoxy groups -OCH3 is 1. The number of hydrogen-bond donors (Lipinski definition) is 1. The summed E-state index contributed by atoms with van der Waals surface area (Å²) in [6, 6.07) is 5.88. The van der Waals surface area contributed by atoms with E-state index < -0.39 is 0 Å². The van der Waals surface area contributed by atoms with E-state index in [9.17, 15) is 4.79 Å². The first-order valence-corrected chi connectivity index (χ1v) is 11.1. The summed E-state index contributed by atoms with van der Waals surface area (Å²) < 4.78 is 14.5. The maximum absolute atomic E-state index is 13.0. The number of nitrogens with one attached hydrogen (secondary N) is 1. The Kier molecular flexibility index (Phi) is 6.46. The Morgan fingerprint density at radius 3 is 2.64 bits per heavy atom. The van der Waals surface area contributed by atoms with Gasteiger partial charge in [-0.15, -0.1) is 0 Å². The molecule has 3 heterocycles. The number of carbonyl (C=O) groups is 1. The van der Waals surface area contributed by atoms with E-state index in [1.807, 2.05) is 10.7 Å². The van der Waals surface area contributed by atoms with Gasteiger partial charge in [0.2, 0.25) is 0 Å². The molecule has 0 aromatic carbocycles. The lowest BCUT2D eigenvalue weighted by atomic mass is 10.0. The van der Waals surface area contributed by atoms with Gasteiger partial charge in [-0.3, -0.25) is 9.48 Å². The fourth-order valence-corrected chi connectivity index (χ4v) is 4.15. The third kappa shape index (κ3) is 5.22. The summed E-state index contributed by atoms with van der Waals surface area (Å²) in [6.45, 7) is 6.54. The molecule has 1 N–H and O–H groups in total. The summed E-state index contributed by atoms with van der Waals surface area (Å²) in [5, 5.41) is 12.2. The summed E-state index contributed by atoms with van der Waals surface area (Å²) in [7, 11) is 3.35. The predicted octanol–water partition coefficient (Wildman–Crippen LogP) is 3.28. The fourth-order valence-electron chi connectivity index (χ4n) is 4.15. The predicted molar refractivity (Wildman–Crippen MR) is 122 cm³/mol. The van der Waals surface area contributed by atoms with Crippen LogP contribution in [0.25, 0.3) is 0 Å². The smallest absolute Gasteiger partial charge is 0.316 e. The molecule has 1 saturated carbocycles. The normalized spacial score (nSPS) is 18.5. The lowest BCUT2D eigenvalue weighted by molar-refractivity contribution is 0.101. The van der Waals surface area contributed by atoms with Crippen molar-refractivity contribution in [3.63, 3.8) is 0 Å². The molecule has 4 rings (SSSR count). The Morgan fingerprint density at radius 2 is 1.94 bits per heavy atom. The average Bonchev–Trinajstić information content (AvgIpc) is 3.47. The van der Waals surface area contributed by atoms with Crippen LogP contribution in [0.2, 0.25) is 0 Å². The van der Waals surface area contributed by atoms with Crippen LogP contribution < -0.4 is 10.1 Å². The zero-order valence-electron chi connectivity index (χ0n) is 19.8. The van der Waals surface area contributed by atoms with Crippen LogP contribution in [0.5, 0.6) is 6.01 Å². The molecule has 10 heteroatoms. The van der Waals surface area contributed by atoms with Crippen LogP contribution in [0.3, 0.4) is 0 Å². The van der Waals surface area contributed by atoms with Crippen LogP contribution in [-0.2, 0) is 23.9 Å². The Bertz CT molecular complexity index is 1100. The molecule has 3 aromatic heterocycles. The van der Waals surface area contributed by atoms with E-state index in [-0.39, 0.29) is 23.5 Å². The SMILES string of the molecule is COCc1cc(C(=O)Nc2cc([C@H]3CC[C@@H](Oc4ncccn4)C3)nn2C(C)(C)C)n(C)n1. The third-order valence-corrected chi connectivity index (χ3v) is 5.68. The van der Waals surface area contributed by atoms with E-state index in [0.717, 1.165) is 25.0 Å². The van der Waals surface area contributed by atoms with Gasteiger partial charge in [0.15, 0.2) is 0 Å².